The zero-order valence-corrected chi connectivity index (χ0v) is 16.0. The summed E-state index contributed by atoms with van der Waals surface area (Å²) in [5, 5.41) is 7.22. The molecule has 1 N–H and O–H groups in total. The summed E-state index contributed by atoms with van der Waals surface area (Å²) in [6, 6.07) is 12.8. The van der Waals surface area contributed by atoms with Crippen molar-refractivity contribution in [1.29, 1.82) is 0 Å². The lowest BCUT2D eigenvalue weighted by atomic mass is 10.2. The number of halogens is 2. The van der Waals surface area contributed by atoms with Crippen LogP contribution in [0.3, 0.4) is 0 Å². The van der Waals surface area contributed by atoms with E-state index >= 15 is 0 Å². The van der Waals surface area contributed by atoms with E-state index in [1.54, 1.807) is 54.1 Å². The average molecular weight is 412 g/mol. The molecule has 0 aliphatic heterocycles. The Morgan fingerprint density at radius 2 is 2.03 bits per heavy atom. The number of nitrogens with one attached hydrogen (secondary N) is 1. The van der Waals surface area contributed by atoms with Crippen molar-refractivity contribution in [2.45, 2.75) is 13.5 Å². The minimum Gasteiger partial charge on any atom is -0.334 e. The molecule has 0 fully saturated rings. The van der Waals surface area contributed by atoms with E-state index in [9.17, 15) is 9.18 Å². The van der Waals surface area contributed by atoms with Crippen molar-refractivity contribution in [2.24, 2.45) is 0 Å². The molecular weight excluding hydrogens is 397 g/mol. The zero-order valence-electron chi connectivity index (χ0n) is 15.3. The molecule has 0 saturated heterocycles. The number of aromatic nitrogens is 4. The second-order valence-electron chi connectivity index (χ2n) is 6.29. The number of carbonyl (C=O) groups excluding carboxylic acids is 1. The first-order valence-corrected chi connectivity index (χ1v) is 9.05. The number of rotatable bonds is 5. The minimum absolute atomic E-state index is 0.0555. The molecule has 0 spiro atoms. The van der Waals surface area contributed by atoms with Crippen LogP contribution in [0.5, 0.6) is 0 Å². The van der Waals surface area contributed by atoms with Crippen LogP contribution in [0.4, 0.5) is 10.1 Å². The van der Waals surface area contributed by atoms with E-state index in [-0.39, 0.29) is 24.2 Å². The monoisotopic (exact) mass is 411 g/mol. The van der Waals surface area contributed by atoms with E-state index in [1.165, 1.54) is 12.1 Å². The molecule has 2 heterocycles. The number of imidazole rings is 1. The Balaban J connectivity index is 1.50. The lowest BCUT2D eigenvalue weighted by Crippen LogP contribution is -2.19. The first-order chi connectivity index (χ1) is 14.0. The molecule has 0 aliphatic carbocycles. The summed E-state index contributed by atoms with van der Waals surface area (Å²) in [4.78, 5) is 21.0. The number of amides is 1. The van der Waals surface area contributed by atoms with Gasteiger partial charge in [0.1, 0.15) is 23.9 Å². The van der Waals surface area contributed by atoms with Gasteiger partial charge in [-0.1, -0.05) is 28.9 Å². The van der Waals surface area contributed by atoms with Crippen LogP contribution in [-0.2, 0) is 11.3 Å². The summed E-state index contributed by atoms with van der Waals surface area (Å²) in [5.74, 6) is 0.422. The second-order valence-corrected chi connectivity index (χ2v) is 6.73. The predicted molar refractivity (Wildman–Crippen MR) is 106 cm³/mol. The summed E-state index contributed by atoms with van der Waals surface area (Å²) in [6.07, 6.45) is 1.66. The largest absolute Gasteiger partial charge is 0.334 e. The van der Waals surface area contributed by atoms with E-state index in [4.69, 9.17) is 16.1 Å². The van der Waals surface area contributed by atoms with Gasteiger partial charge < -0.3 is 14.4 Å². The maximum absolute atomic E-state index is 13.4. The molecule has 146 valence electrons. The molecule has 4 rings (SSSR count). The van der Waals surface area contributed by atoms with Crippen LogP contribution in [0.25, 0.3) is 23.0 Å². The summed E-state index contributed by atoms with van der Waals surface area (Å²) >= 11 is 5.93. The van der Waals surface area contributed by atoms with Crippen LogP contribution in [0, 0.1) is 12.7 Å². The fourth-order valence-corrected chi connectivity index (χ4v) is 2.95. The fraction of sp³-hybridized carbons (Fsp3) is 0.100. The van der Waals surface area contributed by atoms with E-state index < -0.39 is 5.82 Å². The molecule has 0 atom stereocenters. The van der Waals surface area contributed by atoms with Crippen molar-refractivity contribution in [2.75, 3.05) is 5.32 Å². The number of carbonyl (C=O) groups is 1. The molecule has 0 bridgehead atoms. The van der Waals surface area contributed by atoms with Gasteiger partial charge in [-0.3, -0.25) is 4.79 Å². The number of nitrogens with zero attached hydrogens (tertiary/aromatic N) is 4. The summed E-state index contributed by atoms with van der Waals surface area (Å²) in [6.45, 7) is 1.82. The average Bonchev–Trinajstić information content (AvgIpc) is 3.29. The van der Waals surface area contributed by atoms with E-state index in [0.29, 0.717) is 27.8 Å². The van der Waals surface area contributed by atoms with Gasteiger partial charge in [-0.25, -0.2) is 9.37 Å². The van der Waals surface area contributed by atoms with E-state index in [2.05, 4.69) is 20.4 Å². The molecule has 4 aromatic rings. The highest BCUT2D eigenvalue weighted by molar-refractivity contribution is 6.30. The third-order valence-corrected chi connectivity index (χ3v) is 4.36. The topological polar surface area (TPSA) is 85.8 Å². The molecular formula is C20H15ClFN5O2. The lowest BCUT2D eigenvalue weighted by Gasteiger charge is -2.07. The summed E-state index contributed by atoms with van der Waals surface area (Å²) < 4.78 is 20.3. The van der Waals surface area contributed by atoms with Crippen LogP contribution in [0.2, 0.25) is 5.02 Å². The Bertz CT molecular complexity index is 1190. The summed E-state index contributed by atoms with van der Waals surface area (Å²) in [7, 11) is 0. The SMILES string of the molecule is Cc1nc(-c2noc(-c3cccc(F)c3)n2)cn1CC(=O)Nc1cccc(Cl)c1. The number of benzene rings is 2. The van der Waals surface area contributed by atoms with E-state index in [1.807, 2.05) is 0 Å². The van der Waals surface area contributed by atoms with Gasteiger partial charge in [0.25, 0.3) is 5.89 Å². The standard InChI is InChI=1S/C20H15ClFN5O2/c1-12-23-17(19-25-20(29-26-19)13-4-2-6-15(22)8-13)10-27(12)11-18(28)24-16-7-3-5-14(21)9-16/h2-10H,11H2,1H3,(H,24,28). The lowest BCUT2D eigenvalue weighted by molar-refractivity contribution is -0.116. The third-order valence-electron chi connectivity index (χ3n) is 4.13. The van der Waals surface area contributed by atoms with Gasteiger partial charge in [0.15, 0.2) is 0 Å². The Morgan fingerprint density at radius 1 is 1.21 bits per heavy atom. The van der Waals surface area contributed by atoms with Crippen LogP contribution >= 0.6 is 11.6 Å². The fourth-order valence-electron chi connectivity index (χ4n) is 2.76. The highest BCUT2D eigenvalue weighted by atomic mass is 35.5. The van der Waals surface area contributed by atoms with Gasteiger partial charge in [-0.15, -0.1) is 0 Å². The molecule has 0 aliphatic rings. The first-order valence-electron chi connectivity index (χ1n) is 8.67. The minimum atomic E-state index is -0.395. The number of aryl methyl sites for hydroxylation is 1. The van der Waals surface area contributed by atoms with Gasteiger partial charge in [-0.05, 0) is 43.3 Å². The molecule has 0 unspecified atom stereocenters. The maximum atomic E-state index is 13.4. The van der Waals surface area contributed by atoms with Gasteiger partial charge in [0.05, 0.1) is 0 Å². The van der Waals surface area contributed by atoms with Crippen molar-refractivity contribution in [3.63, 3.8) is 0 Å². The molecule has 2 aromatic carbocycles. The van der Waals surface area contributed by atoms with Crippen molar-refractivity contribution in [1.82, 2.24) is 19.7 Å². The number of hydrogen-bond donors (Lipinski definition) is 1. The van der Waals surface area contributed by atoms with Gasteiger partial charge in [0.2, 0.25) is 11.7 Å². The molecule has 9 heteroatoms. The Morgan fingerprint density at radius 3 is 2.83 bits per heavy atom. The first kappa shape index (κ1) is 18.8. The number of hydrogen-bond acceptors (Lipinski definition) is 5. The highest BCUT2D eigenvalue weighted by Crippen LogP contribution is 2.22. The zero-order chi connectivity index (χ0) is 20.4. The van der Waals surface area contributed by atoms with Crippen LogP contribution in [0.1, 0.15) is 5.82 Å². The van der Waals surface area contributed by atoms with Gasteiger partial charge in [0, 0.05) is 22.5 Å². The molecule has 2 aromatic heterocycles. The van der Waals surface area contributed by atoms with Crippen molar-refractivity contribution >= 4 is 23.2 Å². The molecule has 1 amide bonds. The van der Waals surface area contributed by atoms with Crippen LogP contribution in [0.15, 0.2) is 59.3 Å². The van der Waals surface area contributed by atoms with Crippen molar-refractivity contribution < 1.29 is 13.7 Å². The maximum Gasteiger partial charge on any atom is 0.258 e. The Hall–Kier alpha value is -3.52. The molecule has 7 nitrogen and oxygen atoms in total. The summed E-state index contributed by atoms with van der Waals surface area (Å²) in [5.41, 5.74) is 1.53. The Labute approximate surface area is 170 Å². The number of anilines is 1. The van der Waals surface area contributed by atoms with Crippen LogP contribution < -0.4 is 5.32 Å². The normalized spacial score (nSPS) is 10.9. The van der Waals surface area contributed by atoms with Crippen molar-refractivity contribution in [3.05, 3.63) is 71.4 Å². The highest BCUT2D eigenvalue weighted by Gasteiger charge is 2.16. The molecule has 0 saturated carbocycles. The van der Waals surface area contributed by atoms with Gasteiger partial charge >= 0.3 is 0 Å². The predicted octanol–water partition coefficient (Wildman–Crippen LogP) is 4.34. The Kier molecular flexibility index (Phi) is 5.09. The quantitative estimate of drug-likeness (QED) is 0.528. The second kappa shape index (κ2) is 7.84. The molecule has 0 radical (unpaired) electrons. The van der Waals surface area contributed by atoms with Crippen molar-refractivity contribution in [3.8, 4) is 23.0 Å². The van der Waals surface area contributed by atoms with Gasteiger partial charge in [-0.2, -0.15) is 4.98 Å². The van der Waals surface area contributed by atoms with Crippen LogP contribution in [-0.4, -0.2) is 25.6 Å². The molecule has 29 heavy (non-hydrogen) atoms. The smallest absolute Gasteiger partial charge is 0.258 e. The third kappa shape index (κ3) is 4.33. The van der Waals surface area contributed by atoms with E-state index in [0.717, 1.165) is 0 Å².